The minimum absolute atomic E-state index is 0.0665. The van der Waals surface area contributed by atoms with Crippen LogP contribution in [0.5, 0.6) is 5.75 Å². The zero-order valence-electron chi connectivity index (χ0n) is 14.0. The molecule has 2 aromatic rings. The van der Waals surface area contributed by atoms with E-state index in [0.717, 1.165) is 11.8 Å². The van der Waals surface area contributed by atoms with Gasteiger partial charge in [0.05, 0.1) is 12.8 Å². The fraction of sp³-hybridized carbons (Fsp3) is 0.375. The number of rotatable bonds is 6. The quantitative estimate of drug-likeness (QED) is 0.835. The SMILES string of the molecule is CCc1cc(NC(=O)N[C@H](c2ccc(OC)c(F)c2)C(F)F)n(C)n1. The maximum atomic E-state index is 13.7. The molecule has 2 amide bonds. The standard InChI is InChI=1S/C16H19F3N4O2/c1-4-10-8-13(23(2)22-10)20-16(24)21-14(15(18)19)9-5-6-12(25-3)11(17)7-9/h5-8,14-15H,4H2,1-3H3,(H2,20,21,24)/t14-/m1/s1. The lowest BCUT2D eigenvalue weighted by molar-refractivity contribution is 0.102. The van der Waals surface area contributed by atoms with Crippen molar-refractivity contribution in [2.24, 2.45) is 7.05 Å². The van der Waals surface area contributed by atoms with Crippen molar-refractivity contribution >= 4 is 11.8 Å². The van der Waals surface area contributed by atoms with E-state index in [4.69, 9.17) is 4.74 Å². The summed E-state index contributed by atoms with van der Waals surface area (Å²) in [6.45, 7) is 1.90. The molecule has 25 heavy (non-hydrogen) atoms. The summed E-state index contributed by atoms with van der Waals surface area (Å²) < 4.78 is 46.6. The molecule has 136 valence electrons. The monoisotopic (exact) mass is 356 g/mol. The van der Waals surface area contributed by atoms with Gasteiger partial charge in [-0.25, -0.2) is 18.0 Å². The average molecular weight is 356 g/mol. The Bertz CT molecular complexity index is 749. The fourth-order valence-electron chi connectivity index (χ4n) is 2.28. The molecule has 0 aliphatic rings. The van der Waals surface area contributed by atoms with Crippen LogP contribution in [0.4, 0.5) is 23.8 Å². The summed E-state index contributed by atoms with van der Waals surface area (Å²) in [7, 11) is 2.89. The summed E-state index contributed by atoms with van der Waals surface area (Å²) in [6, 6.07) is 2.55. The summed E-state index contributed by atoms with van der Waals surface area (Å²) in [6.07, 6.45) is -2.25. The van der Waals surface area contributed by atoms with Crippen LogP contribution in [0, 0.1) is 5.82 Å². The molecule has 0 unspecified atom stereocenters. The number of methoxy groups -OCH3 is 1. The molecule has 1 atom stereocenters. The number of alkyl halides is 2. The van der Waals surface area contributed by atoms with Crippen molar-refractivity contribution in [3.8, 4) is 5.75 Å². The highest BCUT2D eigenvalue weighted by Gasteiger charge is 2.26. The van der Waals surface area contributed by atoms with Crippen LogP contribution in [0.3, 0.4) is 0 Å². The van der Waals surface area contributed by atoms with Crippen molar-refractivity contribution in [1.82, 2.24) is 15.1 Å². The van der Waals surface area contributed by atoms with Gasteiger partial charge in [-0.1, -0.05) is 13.0 Å². The lowest BCUT2D eigenvalue weighted by Gasteiger charge is -2.19. The lowest BCUT2D eigenvalue weighted by Crippen LogP contribution is -2.36. The number of nitrogens with one attached hydrogen (secondary N) is 2. The molecule has 0 aliphatic carbocycles. The summed E-state index contributed by atoms with van der Waals surface area (Å²) in [4.78, 5) is 12.0. The van der Waals surface area contributed by atoms with E-state index in [2.05, 4.69) is 15.7 Å². The van der Waals surface area contributed by atoms with Gasteiger partial charge in [-0.05, 0) is 24.1 Å². The highest BCUT2D eigenvalue weighted by Crippen LogP contribution is 2.26. The molecule has 0 aliphatic heterocycles. The number of carbonyl (C=O) groups excluding carboxylic acids is 1. The van der Waals surface area contributed by atoms with Gasteiger partial charge in [0, 0.05) is 13.1 Å². The van der Waals surface area contributed by atoms with E-state index >= 15 is 0 Å². The van der Waals surface area contributed by atoms with Crippen LogP contribution < -0.4 is 15.4 Å². The largest absolute Gasteiger partial charge is 0.494 e. The number of aryl methyl sites for hydroxylation is 2. The number of aromatic nitrogens is 2. The number of ether oxygens (including phenoxy) is 1. The van der Waals surface area contributed by atoms with Gasteiger partial charge in [-0.15, -0.1) is 0 Å². The van der Waals surface area contributed by atoms with Crippen molar-refractivity contribution in [3.05, 3.63) is 41.3 Å². The molecule has 6 nitrogen and oxygen atoms in total. The summed E-state index contributed by atoms with van der Waals surface area (Å²) in [5.41, 5.74) is 0.683. The first-order valence-corrected chi connectivity index (χ1v) is 7.57. The minimum atomic E-state index is -2.92. The van der Waals surface area contributed by atoms with Gasteiger partial charge < -0.3 is 10.1 Å². The van der Waals surface area contributed by atoms with Gasteiger partial charge in [0.15, 0.2) is 11.6 Å². The predicted octanol–water partition coefficient (Wildman–Crippen LogP) is 3.26. The molecule has 0 fully saturated rings. The Kier molecular flexibility index (Phi) is 5.89. The van der Waals surface area contributed by atoms with E-state index in [1.807, 2.05) is 6.92 Å². The molecule has 1 aromatic heterocycles. The summed E-state index contributed by atoms with van der Waals surface area (Å²) in [5, 5.41) is 8.76. The highest BCUT2D eigenvalue weighted by molar-refractivity contribution is 5.88. The van der Waals surface area contributed by atoms with Gasteiger partial charge >= 0.3 is 6.03 Å². The van der Waals surface area contributed by atoms with Crippen LogP contribution in [0.1, 0.15) is 24.2 Å². The smallest absolute Gasteiger partial charge is 0.321 e. The van der Waals surface area contributed by atoms with Crippen LogP contribution in [-0.2, 0) is 13.5 Å². The molecule has 0 spiro atoms. The number of carbonyl (C=O) groups is 1. The third kappa shape index (κ3) is 4.43. The molecule has 1 heterocycles. The number of nitrogens with zero attached hydrogens (tertiary/aromatic N) is 2. The maximum absolute atomic E-state index is 13.7. The van der Waals surface area contributed by atoms with E-state index in [0.29, 0.717) is 12.2 Å². The molecule has 0 saturated heterocycles. The number of anilines is 1. The van der Waals surface area contributed by atoms with Crippen molar-refractivity contribution < 1.29 is 22.7 Å². The Morgan fingerprint density at radius 1 is 1.36 bits per heavy atom. The number of hydrogen-bond acceptors (Lipinski definition) is 3. The second-order valence-corrected chi connectivity index (χ2v) is 5.30. The van der Waals surface area contributed by atoms with Crippen LogP contribution in [-0.4, -0.2) is 29.3 Å². The molecular weight excluding hydrogens is 337 g/mol. The molecule has 1 aromatic carbocycles. The lowest BCUT2D eigenvalue weighted by atomic mass is 10.1. The van der Waals surface area contributed by atoms with E-state index in [-0.39, 0.29) is 11.3 Å². The third-order valence-electron chi connectivity index (χ3n) is 3.61. The minimum Gasteiger partial charge on any atom is -0.494 e. The molecule has 2 rings (SSSR count). The van der Waals surface area contributed by atoms with Crippen LogP contribution in [0.25, 0.3) is 0 Å². The molecule has 9 heteroatoms. The Balaban J connectivity index is 2.14. The Morgan fingerprint density at radius 3 is 2.60 bits per heavy atom. The van der Waals surface area contributed by atoms with Gasteiger partial charge in [0.1, 0.15) is 11.9 Å². The number of amides is 2. The number of hydrogen-bond donors (Lipinski definition) is 2. The molecule has 0 saturated carbocycles. The fourth-order valence-corrected chi connectivity index (χ4v) is 2.28. The van der Waals surface area contributed by atoms with Crippen LogP contribution in [0.15, 0.2) is 24.3 Å². The van der Waals surface area contributed by atoms with Crippen molar-refractivity contribution in [2.75, 3.05) is 12.4 Å². The van der Waals surface area contributed by atoms with Crippen LogP contribution >= 0.6 is 0 Å². The number of benzene rings is 1. The van der Waals surface area contributed by atoms with E-state index in [1.54, 1.807) is 13.1 Å². The Morgan fingerprint density at radius 2 is 2.08 bits per heavy atom. The molecule has 0 bridgehead atoms. The van der Waals surface area contributed by atoms with Gasteiger partial charge in [0.25, 0.3) is 6.43 Å². The van der Waals surface area contributed by atoms with Crippen LogP contribution in [0.2, 0.25) is 0 Å². The zero-order valence-corrected chi connectivity index (χ0v) is 14.0. The predicted molar refractivity (Wildman–Crippen MR) is 86.4 cm³/mol. The second-order valence-electron chi connectivity index (χ2n) is 5.30. The maximum Gasteiger partial charge on any atom is 0.321 e. The highest BCUT2D eigenvalue weighted by atomic mass is 19.3. The van der Waals surface area contributed by atoms with Crippen molar-refractivity contribution in [3.63, 3.8) is 0 Å². The van der Waals surface area contributed by atoms with Crippen molar-refractivity contribution in [2.45, 2.75) is 25.8 Å². The first-order chi connectivity index (χ1) is 11.8. The van der Waals surface area contributed by atoms with Gasteiger partial charge in [-0.3, -0.25) is 10.00 Å². The summed E-state index contributed by atoms with van der Waals surface area (Å²) in [5.74, 6) is -0.487. The number of urea groups is 1. The van der Waals surface area contributed by atoms with Gasteiger partial charge in [-0.2, -0.15) is 5.10 Å². The summed E-state index contributed by atoms with van der Waals surface area (Å²) >= 11 is 0. The molecular formula is C16H19F3N4O2. The van der Waals surface area contributed by atoms with E-state index < -0.39 is 24.3 Å². The molecule has 0 radical (unpaired) electrons. The first kappa shape index (κ1) is 18.6. The van der Waals surface area contributed by atoms with E-state index in [1.165, 1.54) is 23.9 Å². The molecule has 2 N–H and O–H groups in total. The second kappa shape index (κ2) is 7.91. The normalized spacial score (nSPS) is 12.1. The Hall–Kier alpha value is -2.71. The average Bonchev–Trinajstić information content (AvgIpc) is 2.92. The third-order valence-corrected chi connectivity index (χ3v) is 3.61. The van der Waals surface area contributed by atoms with Crippen molar-refractivity contribution in [1.29, 1.82) is 0 Å². The first-order valence-electron chi connectivity index (χ1n) is 7.57. The number of halogens is 3. The van der Waals surface area contributed by atoms with Gasteiger partial charge in [0.2, 0.25) is 0 Å². The van der Waals surface area contributed by atoms with E-state index in [9.17, 15) is 18.0 Å². The Labute approximate surface area is 143 Å². The topological polar surface area (TPSA) is 68.2 Å². The zero-order chi connectivity index (χ0) is 18.6.